The van der Waals surface area contributed by atoms with Crippen molar-refractivity contribution in [2.45, 2.75) is 12.2 Å². The minimum atomic E-state index is -4.45. The van der Waals surface area contributed by atoms with Crippen LogP contribution in [0.1, 0.15) is 11.6 Å². The van der Waals surface area contributed by atoms with Crippen LogP contribution in [0.2, 0.25) is 15.1 Å². The fourth-order valence-electron chi connectivity index (χ4n) is 2.30. The molecule has 1 heterocycles. The molecule has 1 aliphatic heterocycles. The Labute approximate surface area is 129 Å². The van der Waals surface area contributed by atoms with Gasteiger partial charge < -0.3 is 5.32 Å². The predicted molar refractivity (Wildman–Crippen MR) is 74.7 cm³/mol. The molecule has 20 heavy (non-hydrogen) atoms. The lowest BCUT2D eigenvalue weighted by molar-refractivity contribution is -0.187. The largest absolute Gasteiger partial charge is 0.408 e. The Morgan fingerprint density at radius 2 is 1.70 bits per heavy atom. The molecule has 1 fully saturated rings. The number of nitrogens with one attached hydrogen (secondary N) is 1. The van der Waals surface area contributed by atoms with Crippen molar-refractivity contribution in [3.05, 3.63) is 32.8 Å². The van der Waals surface area contributed by atoms with Gasteiger partial charge in [0.05, 0.1) is 10.0 Å². The Morgan fingerprint density at radius 1 is 1.10 bits per heavy atom. The Morgan fingerprint density at radius 3 is 2.25 bits per heavy atom. The monoisotopic (exact) mass is 346 g/mol. The number of piperazine rings is 1. The molecule has 0 unspecified atom stereocenters. The van der Waals surface area contributed by atoms with Crippen molar-refractivity contribution < 1.29 is 13.2 Å². The van der Waals surface area contributed by atoms with Crippen molar-refractivity contribution in [1.82, 2.24) is 10.2 Å². The van der Waals surface area contributed by atoms with Crippen molar-refractivity contribution in [2.75, 3.05) is 26.2 Å². The third kappa shape index (κ3) is 3.52. The van der Waals surface area contributed by atoms with E-state index in [1.807, 2.05) is 0 Å². The van der Waals surface area contributed by atoms with E-state index < -0.39 is 12.2 Å². The topological polar surface area (TPSA) is 15.3 Å². The minimum Gasteiger partial charge on any atom is -0.314 e. The summed E-state index contributed by atoms with van der Waals surface area (Å²) in [5.41, 5.74) is -0.0985. The first kappa shape index (κ1) is 16.2. The SMILES string of the molecule is FC(F)(F)[C@@H](c1cc(Cl)cc(Cl)c1Cl)N1CCNCC1. The molecule has 0 amide bonds. The van der Waals surface area contributed by atoms with E-state index in [0.717, 1.165) is 0 Å². The van der Waals surface area contributed by atoms with Crippen LogP contribution in [0.15, 0.2) is 12.1 Å². The molecule has 1 aliphatic rings. The highest BCUT2D eigenvalue weighted by atomic mass is 35.5. The number of alkyl halides is 3. The minimum absolute atomic E-state index is 0.0264. The molecule has 0 aromatic heterocycles. The van der Waals surface area contributed by atoms with Gasteiger partial charge in [0.1, 0.15) is 6.04 Å². The fraction of sp³-hybridized carbons (Fsp3) is 0.500. The Balaban J connectivity index is 2.46. The van der Waals surface area contributed by atoms with Gasteiger partial charge in [0, 0.05) is 31.2 Å². The van der Waals surface area contributed by atoms with Gasteiger partial charge in [0.2, 0.25) is 0 Å². The summed E-state index contributed by atoms with van der Waals surface area (Å²) in [4.78, 5) is 1.34. The average Bonchev–Trinajstić information content (AvgIpc) is 2.35. The molecule has 1 N–H and O–H groups in total. The summed E-state index contributed by atoms with van der Waals surface area (Å²) < 4.78 is 40.3. The summed E-state index contributed by atoms with van der Waals surface area (Å²) in [6.07, 6.45) is -4.45. The zero-order chi connectivity index (χ0) is 14.9. The van der Waals surface area contributed by atoms with Crippen LogP contribution in [0.25, 0.3) is 0 Å². The molecule has 112 valence electrons. The maximum Gasteiger partial charge on any atom is 0.408 e. The van der Waals surface area contributed by atoms with Crippen molar-refractivity contribution in [1.29, 1.82) is 0 Å². The first-order valence-corrected chi connectivity index (χ1v) is 7.10. The summed E-state index contributed by atoms with van der Waals surface area (Å²) in [7, 11) is 0. The maximum atomic E-state index is 13.4. The number of rotatable bonds is 2. The first-order valence-electron chi connectivity index (χ1n) is 5.96. The Bertz CT molecular complexity index is 488. The molecule has 1 atom stereocenters. The molecule has 8 heteroatoms. The van der Waals surface area contributed by atoms with Gasteiger partial charge in [-0.2, -0.15) is 13.2 Å². The van der Waals surface area contributed by atoms with E-state index in [2.05, 4.69) is 5.32 Å². The predicted octanol–water partition coefficient (Wildman–Crippen LogP) is 4.16. The van der Waals surface area contributed by atoms with Gasteiger partial charge in [-0.1, -0.05) is 34.8 Å². The molecule has 0 bridgehead atoms. The molecular formula is C12H12Cl3F3N2. The Hall–Kier alpha value is -0.200. The summed E-state index contributed by atoms with van der Waals surface area (Å²) in [5.74, 6) is 0. The van der Waals surface area contributed by atoms with Crippen LogP contribution in [0.4, 0.5) is 13.2 Å². The summed E-state index contributed by atoms with van der Waals surface area (Å²) in [6.45, 7) is 1.56. The maximum absolute atomic E-state index is 13.4. The van der Waals surface area contributed by atoms with Crippen LogP contribution in [0.5, 0.6) is 0 Å². The quantitative estimate of drug-likeness (QED) is 0.808. The molecule has 2 nitrogen and oxygen atoms in total. The number of halogens is 6. The highest BCUT2D eigenvalue weighted by Crippen LogP contribution is 2.43. The highest BCUT2D eigenvalue weighted by Gasteiger charge is 2.46. The molecule has 0 radical (unpaired) electrons. The van der Waals surface area contributed by atoms with Gasteiger partial charge in [-0.05, 0) is 17.7 Å². The molecule has 0 aliphatic carbocycles. The highest BCUT2D eigenvalue weighted by molar-refractivity contribution is 6.43. The van der Waals surface area contributed by atoms with Crippen LogP contribution in [0, 0.1) is 0 Å². The molecular weight excluding hydrogens is 335 g/mol. The zero-order valence-corrected chi connectivity index (χ0v) is 12.5. The van der Waals surface area contributed by atoms with Gasteiger partial charge in [-0.25, -0.2) is 0 Å². The van der Waals surface area contributed by atoms with Crippen LogP contribution in [0.3, 0.4) is 0 Å². The van der Waals surface area contributed by atoms with Crippen LogP contribution < -0.4 is 5.32 Å². The molecule has 1 saturated heterocycles. The summed E-state index contributed by atoms with van der Waals surface area (Å²) in [5, 5.41) is 3.08. The molecule has 1 aromatic rings. The van der Waals surface area contributed by atoms with Gasteiger partial charge >= 0.3 is 6.18 Å². The van der Waals surface area contributed by atoms with Gasteiger partial charge in [0.25, 0.3) is 0 Å². The van der Waals surface area contributed by atoms with E-state index in [1.54, 1.807) is 0 Å². The second kappa shape index (κ2) is 6.28. The second-order valence-electron chi connectivity index (χ2n) is 4.52. The lowest BCUT2D eigenvalue weighted by Gasteiger charge is -2.36. The van der Waals surface area contributed by atoms with Crippen LogP contribution in [-0.2, 0) is 0 Å². The van der Waals surface area contributed by atoms with Gasteiger partial charge in [-0.3, -0.25) is 4.90 Å². The van der Waals surface area contributed by atoms with Gasteiger partial charge in [-0.15, -0.1) is 0 Å². The number of hydrogen-bond donors (Lipinski definition) is 1. The van der Waals surface area contributed by atoms with Crippen molar-refractivity contribution in [3.8, 4) is 0 Å². The normalized spacial score (nSPS) is 19.1. The lowest BCUT2D eigenvalue weighted by Crippen LogP contribution is -2.49. The van der Waals surface area contributed by atoms with E-state index in [0.29, 0.717) is 13.1 Å². The lowest BCUT2D eigenvalue weighted by atomic mass is 10.0. The molecule has 0 saturated carbocycles. The third-order valence-electron chi connectivity index (χ3n) is 3.14. The second-order valence-corrected chi connectivity index (χ2v) is 5.74. The summed E-state index contributed by atoms with van der Waals surface area (Å²) in [6, 6.07) is 0.768. The molecule has 1 aromatic carbocycles. The number of benzene rings is 1. The van der Waals surface area contributed by atoms with E-state index in [9.17, 15) is 13.2 Å². The number of hydrogen-bond acceptors (Lipinski definition) is 2. The standard InChI is InChI=1S/C12H12Cl3F3N2/c13-7-5-8(10(15)9(14)6-7)11(12(16,17)18)20-3-1-19-2-4-20/h5-6,11,19H,1-4H2/t11-/m1/s1. The van der Waals surface area contributed by atoms with Crippen LogP contribution >= 0.6 is 34.8 Å². The average molecular weight is 348 g/mol. The van der Waals surface area contributed by atoms with Crippen LogP contribution in [-0.4, -0.2) is 37.3 Å². The third-order valence-corrected chi connectivity index (χ3v) is 4.18. The fourth-order valence-corrected chi connectivity index (χ4v) is 3.02. The van der Waals surface area contributed by atoms with Gasteiger partial charge in [0.15, 0.2) is 0 Å². The van der Waals surface area contributed by atoms with Crippen molar-refractivity contribution >= 4 is 34.8 Å². The number of nitrogens with zero attached hydrogens (tertiary/aromatic N) is 1. The smallest absolute Gasteiger partial charge is 0.314 e. The van der Waals surface area contributed by atoms with E-state index in [1.165, 1.54) is 17.0 Å². The van der Waals surface area contributed by atoms with E-state index in [4.69, 9.17) is 34.8 Å². The molecule has 2 rings (SSSR count). The van der Waals surface area contributed by atoms with E-state index in [-0.39, 0.29) is 33.7 Å². The molecule has 0 spiro atoms. The first-order chi connectivity index (χ1) is 9.30. The van der Waals surface area contributed by atoms with E-state index >= 15 is 0 Å². The van der Waals surface area contributed by atoms with Crippen molar-refractivity contribution in [3.63, 3.8) is 0 Å². The summed E-state index contributed by atoms with van der Waals surface area (Å²) >= 11 is 17.6. The zero-order valence-electron chi connectivity index (χ0n) is 10.3. The van der Waals surface area contributed by atoms with Crippen molar-refractivity contribution in [2.24, 2.45) is 0 Å². The Kier molecular flexibility index (Phi) is 5.08.